The summed E-state index contributed by atoms with van der Waals surface area (Å²) in [7, 11) is 0. The first-order valence-corrected chi connectivity index (χ1v) is 9.69. The Bertz CT molecular complexity index is 1270. The smallest absolute Gasteiger partial charge is 0.260 e. The Labute approximate surface area is 167 Å². The summed E-state index contributed by atoms with van der Waals surface area (Å²) in [5.41, 5.74) is 13.8. The molecule has 0 aliphatic heterocycles. The number of hydrogen-bond acceptors (Lipinski definition) is 8. The number of halogens is 1. The minimum atomic E-state index is -0.563. The van der Waals surface area contributed by atoms with Crippen molar-refractivity contribution in [2.45, 2.75) is 18.8 Å². The molecule has 28 heavy (non-hydrogen) atoms. The third kappa shape index (κ3) is 2.88. The number of thiophene rings is 1. The van der Waals surface area contributed by atoms with Crippen molar-refractivity contribution in [1.82, 2.24) is 19.9 Å². The summed E-state index contributed by atoms with van der Waals surface area (Å²) < 4.78 is 6.58. The molecule has 1 aromatic carbocycles. The average Bonchev–Trinajstić information content (AvgIpc) is 3.44. The van der Waals surface area contributed by atoms with Crippen molar-refractivity contribution in [1.29, 1.82) is 0 Å². The number of hydrogen-bond donors (Lipinski definition) is 2. The standard InChI is InChI=1S/C18H13ClN6O2S/c19-18-24-9(7-1-2-7)5-11(25-18)27-12-6-22-15-8(23-12)3-4-10-13(15)14(20)16(28-10)17(21)26/h3-7H,1-2,20H2,(H2,21,26). The van der Waals surface area contributed by atoms with Gasteiger partial charge in [0.25, 0.3) is 5.91 Å². The van der Waals surface area contributed by atoms with Crippen LogP contribution in [0.15, 0.2) is 24.4 Å². The summed E-state index contributed by atoms with van der Waals surface area (Å²) in [6.07, 6.45) is 3.66. The van der Waals surface area contributed by atoms with E-state index in [1.807, 2.05) is 6.07 Å². The van der Waals surface area contributed by atoms with Gasteiger partial charge in [0, 0.05) is 22.1 Å². The second kappa shape index (κ2) is 6.25. The van der Waals surface area contributed by atoms with Crippen molar-refractivity contribution >= 4 is 55.7 Å². The minimum Gasteiger partial charge on any atom is -0.419 e. The number of nitrogen functional groups attached to an aromatic ring is 1. The van der Waals surface area contributed by atoms with Crippen LogP contribution in [0.1, 0.15) is 34.1 Å². The maximum Gasteiger partial charge on any atom is 0.260 e. The number of rotatable bonds is 4. The van der Waals surface area contributed by atoms with Crippen LogP contribution in [0, 0.1) is 0 Å². The molecule has 3 heterocycles. The van der Waals surface area contributed by atoms with Crippen molar-refractivity contribution < 1.29 is 9.53 Å². The van der Waals surface area contributed by atoms with Crippen LogP contribution in [0.4, 0.5) is 5.69 Å². The zero-order chi connectivity index (χ0) is 19.4. The molecule has 0 radical (unpaired) electrons. The van der Waals surface area contributed by atoms with Crippen LogP contribution in [0.5, 0.6) is 11.8 Å². The van der Waals surface area contributed by atoms with E-state index in [1.54, 1.807) is 12.1 Å². The van der Waals surface area contributed by atoms with Crippen molar-refractivity contribution in [3.8, 4) is 11.8 Å². The lowest BCUT2D eigenvalue weighted by Gasteiger charge is -2.07. The van der Waals surface area contributed by atoms with Crippen molar-refractivity contribution in [3.05, 3.63) is 40.3 Å². The molecule has 1 saturated carbocycles. The number of nitrogens with zero attached hydrogens (tertiary/aromatic N) is 4. The summed E-state index contributed by atoms with van der Waals surface area (Å²) >= 11 is 7.24. The van der Waals surface area contributed by atoms with Crippen LogP contribution in [-0.4, -0.2) is 25.8 Å². The van der Waals surface area contributed by atoms with Gasteiger partial charge in [0.05, 0.1) is 28.6 Å². The van der Waals surface area contributed by atoms with Crippen molar-refractivity contribution in [2.24, 2.45) is 5.73 Å². The third-order valence-electron chi connectivity index (χ3n) is 4.50. The first-order valence-electron chi connectivity index (χ1n) is 8.49. The normalized spacial score (nSPS) is 13.9. The molecule has 8 nitrogen and oxygen atoms in total. The summed E-state index contributed by atoms with van der Waals surface area (Å²) in [4.78, 5) is 29.1. The molecule has 5 rings (SSSR count). The number of carbonyl (C=O) groups is 1. The Balaban J connectivity index is 1.56. The summed E-state index contributed by atoms with van der Waals surface area (Å²) in [5.74, 6) is 0.446. The van der Waals surface area contributed by atoms with Crippen molar-refractivity contribution in [3.63, 3.8) is 0 Å². The van der Waals surface area contributed by atoms with E-state index in [-0.39, 0.29) is 11.2 Å². The molecule has 4 N–H and O–H groups in total. The van der Waals surface area contributed by atoms with E-state index in [0.717, 1.165) is 23.2 Å². The van der Waals surface area contributed by atoms with Gasteiger partial charge >= 0.3 is 0 Å². The predicted molar refractivity (Wildman–Crippen MR) is 107 cm³/mol. The fourth-order valence-electron chi connectivity index (χ4n) is 3.07. The molecule has 10 heteroatoms. The van der Waals surface area contributed by atoms with Gasteiger partial charge in [-0.1, -0.05) is 0 Å². The number of carbonyl (C=O) groups excluding carboxylic acids is 1. The highest BCUT2D eigenvalue weighted by atomic mass is 35.5. The maximum atomic E-state index is 11.6. The number of ether oxygens (including phenoxy) is 1. The summed E-state index contributed by atoms with van der Waals surface area (Å²) in [6, 6.07) is 5.39. The molecule has 1 fully saturated rings. The van der Waals surface area contributed by atoms with E-state index in [1.165, 1.54) is 17.5 Å². The molecule has 0 bridgehead atoms. The highest BCUT2D eigenvalue weighted by Gasteiger charge is 2.26. The van der Waals surface area contributed by atoms with Gasteiger partial charge in [-0.05, 0) is 36.6 Å². The Hall–Kier alpha value is -3.04. The number of nitrogens with two attached hydrogens (primary N) is 2. The number of benzene rings is 1. The molecule has 0 saturated heterocycles. The lowest BCUT2D eigenvalue weighted by atomic mass is 10.2. The van der Waals surface area contributed by atoms with Crippen molar-refractivity contribution in [2.75, 3.05) is 5.73 Å². The molecule has 0 atom stereocenters. The van der Waals surface area contributed by atoms with E-state index >= 15 is 0 Å². The lowest BCUT2D eigenvalue weighted by molar-refractivity contribution is 0.100. The highest BCUT2D eigenvalue weighted by Crippen LogP contribution is 2.41. The monoisotopic (exact) mass is 412 g/mol. The van der Waals surface area contributed by atoms with Gasteiger partial charge in [0.2, 0.25) is 17.0 Å². The Morgan fingerprint density at radius 2 is 2.04 bits per heavy atom. The van der Waals surface area contributed by atoms with E-state index < -0.39 is 5.91 Å². The van der Waals surface area contributed by atoms with Crippen LogP contribution in [0.3, 0.4) is 0 Å². The van der Waals surface area contributed by atoms with Gasteiger partial charge in [-0.25, -0.2) is 15.0 Å². The molecular weight excluding hydrogens is 400 g/mol. The third-order valence-corrected chi connectivity index (χ3v) is 5.86. The molecule has 1 aliphatic rings. The zero-order valence-corrected chi connectivity index (χ0v) is 15.9. The fourth-order valence-corrected chi connectivity index (χ4v) is 4.23. The molecular formula is C18H13ClN6O2S. The average molecular weight is 413 g/mol. The number of aromatic nitrogens is 4. The first-order chi connectivity index (χ1) is 13.5. The topological polar surface area (TPSA) is 130 Å². The Kier molecular flexibility index (Phi) is 3.81. The zero-order valence-electron chi connectivity index (χ0n) is 14.3. The van der Waals surface area contributed by atoms with E-state index in [2.05, 4.69) is 19.9 Å². The number of fused-ring (bicyclic) bond motifs is 3. The van der Waals surface area contributed by atoms with Crippen LogP contribution >= 0.6 is 22.9 Å². The number of amides is 1. The molecule has 140 valence electrons. The minimum absolute atomic E-state index is 0.139. The van der Waals surface area contributed by atoms with E-state index in [9.17, 15) is 4.79 Å². The molecule has 4 aromatic rings. The quantitative estimate of drug-likeness (QED) is 0.489. The largest absolute Gasteiger partial charge is 0.419 e. The Morgan fingerprint density at radius 1 is 1.21 bits per heavy atom. The molecule has 0 spiro atoms. The number of anilines is 1. The number of primary amides is 1. The molecule has 1 amide bonds. The molecule has 3 aromatic heterocycles. The van der Waals surface area contributed by atoms with E-state index in [4.69, 9.17) is 27.8 Å². The van der Waals surface area contributed by atoms with Crippen LogP contribution in [-0.2, 0) is 0 Å². The molecule has 1 aliphatic carbocycles. The second-order valence-electron chi connectivity index (χ2n) is 6.50. The van der Waals surface area contributed by atoms with Gasteiger partial charge in [0.15, 0.2) is 0 Å². The highest BCUT2D eigenvalue weighted by molar-refractivity contribution is 7.21. The van der Waals surface area contributed by atoms with Gasteiger partial charge in [-0.15, -0.1) is 11.3 Å². The van der Waals surface area contributed by atoms with Gasteiger partial charge in [-0.2, -0.15) is 4.98 Å². The van der Waals surface area contributed by atoms with Crippen LogP contribution in [0.2, 0.25) is 5.28 Å². The molecule has 0 unspecified atom stereocenters. The maximum absolute atomic E-state index is 11.6. The first kappa shape index (κ1) is 17.1. The van der Waals surface area contributed by atoms with E-state index in [0.29, 0.717) is 38.8 Å². The summed E-state index contributed by atoms with van der Waals surface area (Å²) in [5, 5.41) is 0.802. The van der Waals surface area contributed by atoms with Crippen LogP contribution < -0.4 is 16.2 Å². The van der Waals surface area contributed by atoms with Gasteiger partial charge in [0.1, 0.15) is 4.88 Å². The van der Waals surface area contributed by atoms with Gasteiger partial charge < -0.3 is 16.2 Å². The Morgan fingerprint density at radius 3 is 2.79 bits per heavy atom. The lowest BCUT2D eigenvalue weighted by Crippen LogP contribution is -2.10. The fraction of sp³-hybridized carbons (Fsp3) is 0.167. The van der Waals surface area contributed by atoms with Gasteiger partial charge in [-0.3, -0.25) is 4.79 Å². The predicted octanol–water partition coefficient (Wildman–Crippen LogP) is 3.64. The summed E-state index contributed by atoms with van der Waals surface area (Å²) in [6.45, 7) is 0. The second-order valence-corrected chi connectivity index (χ2v) is 7.89. The van der Waals surface area contributed by atoms with Crippen LogP contribution in [0.25, 0.3) is 21.1 Å². The SMILES string of the molecule is NC(=O)c1sc2ccc3nc(Oc4cc(C5CC5)nc(Cl)n4)cnc3c2c1N.